The average molecular weight is 265 g/mol. The van der Waals surface area contributed by atoms with Crippen LogP contribution in [0, 0.1) is 21.4 Å². The van der Waals surface area contributed by atoms with Gasteiger partial charge in [0.2, 0.25) is 5.82 Å². The zero-order valence-electron chi connectivity index (χ0n) is 11.8. The smallest absolute Gasteiger partial charge is 0.334 e. The molecule has 1 aromatic rings. The van der Waals surface area contributed by atoms with E-state index >= 15 is 0 Å². The van der Waals surface area contributed by atoms with Gasteiger partial charge in [0.05, 0.1) is 17.4 Å². The maximum absolute atomic E-state index is 11.3. The molecule has 19 heavy (non-hydrogen) atoms. The quantitative estimate of drug-likeness (QED) is 0.581. The van der Waals surface area contributed by atoms with Crippen molar-refractivity contribution in [3.05, 3.63) is 15.8 Å². The highest BCUT2D eigenvalue weighted by atomic mass is 16.6. The molecule has 7 nitrogen and oxygen atoms in total. The fourth-order valence-corrected chi connectivity index (χ4v) is 2.04. The van der Waals surface area contributed by atoms with Crippen LogP contribution in [0.2, 0.25) is 0 Å². The number of rotatable bonds is 6. The second-order valence-corrected chi connectivity index (χ2v) is 4.58. The molecule has 0 aliphatic carbocycles. The fraction of sp³-hybridized carbons (Fsp3) is 0.667. The molecule has 0 atom stereocenters. The summed E-state index contributed by atoms with van der Waals surface area (Å²) in [5.41, 5.74) is 0.537. The molecule has 0 aliphatic rings. The van der Waals surface area contributed by atoms with Crippen LogP contribution in [-0.2, 0) is 7.05 Å². The molecule has 0 amide bonds. The van der Waals surface area contributed by atoms with Crippen molar-refractivity contribution < 1.29 is 4.92 Å². The third-order valence-electron chi connectivity index (χ3n) is 2.92. The average Bonchev–Trinajstić information content (AvgIpc) is 2.69. The molecule has 104 valence electrons. The minimum Gasteiger partial charge on any atom is -0.350 e. The number of nitro groups is 1. The molecular weight excluding hydrogens is 246 g/mol. The fourth-order valence-electron chi connectivity index (χ4n) is 2.04. The zero-order chi connectivity index (χ0) is 14.6. The summed E-state index contributed by atoms with van der Waals surface area (Å²) in [5, 5.41) is 24.2. The lowest BCUT2D eigenvalue weighted by atomic mass is 10.1. The largest absolute Gasteiger partial charge is 0.350 e. The molecule has 0 N–H and O–H groups in total. The van der Waals surface area contributed by atoms with Crippen molar-refractivity contribution in [1.82, 2.24) is 9.78 Å². The van der Waals surface area contributed by atoms with Gasteiger partial charge < -0.3 is 4.90 Å². The van der Waals surface area contributed by atoms with Gasteiger partial charge in [-0.2, -0.15) is 10.4 Å². The first-order valence-corrected chi connectivity index (χ1v) is 6.27. The van der Waals surface area contributed by atoms with Crippen LogP contribution in [-0.4, -0.2) is 27.8 Å². The topological polar surface area (TPSA) is 88.0 Å². The van der Waals surface area contributed by atoms with Gasteiger partial charge >= 0.3 is 5.69 Å². The van der Waals surface area contributed by atoms with Crippen LogP contribution >= 0.6 is 0 Å². The summed E-state index contributed by atoms with van der Waals surface area (Å²) in [4.78, 5) is 12.8. The molecule has 7 heteroatoms. The Labute approximate surface area is 112 Å². The number of nitriles is 1. The van der Waals surface area contributed by atoms with Crippen LogP contribution in [0.4, 0.5) is 11.5 Å². The van der Waals surface area contributed by atoms with Crippen molar-refractivity contribution >= 4 is 11.5 Å². The van der Waals surface area contributed by atoms with Gasteiger partial charge in [0.25, 0.3) is 0 Å². The first-order chi connectivity index (χ1) is 8.93. The molecule has 1 aromatic heterocycles. The van der Waals surface area contributed by atoms with Crippen LogP contribution in [0.5, 0.6) is 0 Å². The van der Waals surface area contributed by atoms with E-state index in [4.69, 9.17) is 5.26 Å². The molecule has 0 bridgehead atoms. The van der Waals surface area contributed by atoms with Crippen LogP contribution in [0.3, 0.4) is 0 Å². The summed E-state index contributed by atoms with van der Waals surface area (Å²) in [6.07, 6.45) is 0.327. The molecule has 0 saturated heterocycles. The molecule has 0 unspecified atom stereocenters. The molecular formula is C12H19N5O2. The maximum Gasteiger partial charge on any atom is 0.334 e. The first-order valence-electron chi connectivity index (χ1n) is 6.27. The van der Waals surface area contributed by atoms with E-state index in [0.717, 1.165) is 0 Å². The molecule has 0 radical (unpaired) electrons. The number of aryl methyl sites for hydroxylation is 1. The van der Waals surface area contributed by atoms with Gasteiger partial charge in [-0.05, 0) is 6.92 Å². The normalized spacial score (nSPS) is 10.5. The Morgan fingerprint density at radius 1 is 1.58 bits per heavy atom. The highest BCUT2D eigenvalue weighted by Gasteiger charge is 2.31. The summed E-state index contributed by atoms with van der Waals surface area (Å²) in [7, 11) is 1.70. The summed E-state index contributed by atoms with van der Waals surface area (Å²) in [6, 6.07) is 2.06. The predicted octanol–water partition coefficient (Wildman–Crippen LogP) is 2.19. The molecule has 0 aromatic carbocycles. The Balaban J connectivity index is 3.32. The number of hydrogen-bond acceptors (Lipinski definition) is 5. The molecule has 0 spiro atoms. The minimum absolute atomic E-state index is 0.0185. The second-order valence-electron chi connectivity index (χ2n) is 4.58. The van der Waals surface area contributed by atoms with Crippen molar-refractivity contribution in [3.63, 3.8) is 0 Å². The van der Waals surface area contributed by atoms with E-state index in [-0.39, 0.29) is 16.5 Å². The van der Waals surface area contributed by atoms with Gasteiger partial charge in [0.15, 0.2) is 0 Å². The van der Waals surface area contributed by atoms with Crippen LogP contribution in [0.15, 0.2) is 0 Å². The number of anilines is 1. The van der Waals surface area contributed by atoms with Gasteiger partial charge in [-0.15, -0.1) is 0 Å². The van der Waals surface area contributed by atoms with Gasteiger partial charge in [0.1, 0.15) is 5.69 Å². The van der Waals surface area contributed by atoms with Crippen LogP contribution in [0.1, 0.15) is 38.8 Å². The third kappa shape index (κ3) is 3.02. The van der Waals surface area contributed by atoms with E-state index in [1.54, 1.807) is 7.05 Å². The summed E-state index contributed by atoms with van der Waals surface area (Å²) >= 11 is 0. The second kappa shape index (κ2) is 6.18. The van der Waals surface area contributed by atoms with Gasteiger partial charge in [-0.25, -0.2) is 4.68 Å². The van der Waals surface area contributed by atoms with E-state index < -0.39 is 0 Å². The minimum atomic E-state index is -0.382. The van der Waals surface area contributed by atoms with Crippen LogP contribution in [0.25, 0.3) is 0 Å². The molecule has 0 saturated carbocycles. The van der Waals surface area contributed by atoms with E-state index in [9.17, 15) is 10.1 Å². The van der Waals surface area contributed by atoms with E-state index in [1.165, 1.54) is 4.68 Å². The number of aromatic nitrogens is 2. The van der Waals surface area contributed by atoms with E-state index in [1.807, 2.05) is 25.7 Å². The predicted molar refractivity (Wildman–Crippen MR) is 72.1 cm³/mol. The Morgan fingerprint density at radius 3 is 2.63 bits per heavy atom. The van der Waals surface area contributed by atoms with Gasteiger partial charge in [-0.3, -0.25) is 10.1 Å². The van der Waals surface area contributed by atoms with Crippen molar-refractivity contribution in [2.24, 2.45) is 7.05 Å². The molecule has 1 heterocycles. The van der Waals surface area contributed by atoms with Gasteiger partial charge in [-0.1, -0.05) is 13.8 Å². The molecule has 0 aliphatic heterocycles. The Bertz CT molecular complexity index is 501. The van der Waals surface area contributed by atoms with Crippen molar-refractivity contribution in [2.75, 3.05) is 18.0 Å². The lowest BCUT2D eigenvalue weighted by Gasteiger charge is -2.20. The number of hydrogen-bond donors (Lipinski definition) is 0. The Hall–Kier alpha value is -2.10. The highest BCUT2D eigenvalue weighted by molar-refractivity contribution is 5.62. The molecule has 1 rings (SSSR count). The third-order valence-corrected chi connectivity index (χ3v) is 2.92. The summed E-state index contributed by atoms with van der Waals surface area (Å²) < 4.78 is 1.54. The zero-order valence-corrected chi connectivity index (χ0v) is 11.8. The molecule has 0 fully saturated rings. The highest BCUT2D eigenvalue weighted by Crippen LogP contribution is 2.35. The standard InChI is InChI=1S/C12H19N5O2/c1-5-16(8-6-7-13)12-11(17(18)19)10(9(2)3)14-15(12)4/h9H,5-6,8H2,1-4H3. The van der Waals surface area contributed by atoms with E-state index in [0.29, 0.717) is 31.0 Å². The lowest BCUT2D eigenvalue weighted by molar-refractivity contribution is -0.385. The Kier molecular flexibility index (Phi) is 4.87. The van der Waals surface area contributed by atoms with Crippen molar-refractivity contribution in [3.8, 4) is 6.07 Å². The monoisotopic (exact) mass is 265 g/mol. The SMILES string of the molecule is CCN(CCC#N)c1c([N+](=O)[O-])c(C(C)C)nn1C. The van der Waals surface area contributed by atoms with E-state index in [2.05, 4.69) is 11.2 Å². The van der Waals surface area contributed by atoms with Crippen molar-refractivity contribution in [1.29, 1.82) is 5.26 Å². The summed E-state index contributed by atoms with van der Waals surface area (Å²) in [6.45, 7) is 6.73. The maximum atomic E-state index is 11.3. The van der Waals surface area contributed by atoms with Crippen LogP contribution < -0.4 is 4.90 Å². The Morgan fingerprint density at radius 2 is 2.21 bits per heavy atom. The van der Waals surface area contributed by atoms with Crippen molar-refractivity contribution in [2.45, 2.75) is 33.1 Å². The summed E-state index contributed by atoms with van der Waals surface area (Å²) in [5.74, 6) is 0.460. The van der Waals surface area contributed by atoms with Gasteiger partial charge in [0, 0.05) is 26.1 Å². The first kappa shape index (κ1) is 15.0. The lowest BCUT2D eigenvalue weighted by Crippen LogP contribution is -2.26. The number of nitrogens with zero attached hydrogens (tertiary/aromatic N) is 5.